The van der Waals surface area contributed by atoms with Crippen LogP contribution in [0, 0.1) is 0 Å². The number of aromatic carboxylic acids is 1. The molecule has 1 aliphatic heterocycles. The molecule has 0 atom stereocenters. The molecule has 2 N–H and O–H groups in total. The number of benzene rings is 1. The summed E-state index contributed by atoms with van der Waals surface area (Å²) in [6.07, 6.45) is 1.88. The summed E-state index contributed by atoms with van der Waals surface area (Å²) >= 11 is 1.34. The lowest BCUT2D eigenvalue weighted by molar-refractivity contribution is 0.0697. The average molecular weight is 291 g/mol. The molecule has 1 aromatic heterocycles. The zero-order chi connectivity index (χ0) is 14.1. The fraction of sp³-hybridized carbons (Fsp3) is 0.308. The highest BCUT2D eigenvalue weighted by Gasteiger charge is 2.21. The minimum atomic E-state index is -0.964. The third-order valence-electron chi connectivity index (χ3n) is 3.18. The number of nitrogens with zero attached hydrogens (tertiary/aromatic N) is 2. The van der Waals surface area contributed by atoms with Crippen molar-refractivity contribution < 1.29 is 14.7 Å². The van der Waals surface area contributed by atoms with Crippen molar-refractivity contribution in [3.8, 4) is 0 Å². The van der Waals surface area contributed by atoms with Crippen LogP contribution in [0.5, 0.6) is 0 Å². The minimum absolute atomic E-state index is 0.139. The first-order valence-corrected chi connectivity index (χ1v) is 7.16. The highest BCUT2D eigenvalue weighted by Crippen LogP contribution is 2.30. The Morgan fingerprint density at radius 1 is 1.40 bits per heavy atom. The molecule has 2 heterocycles. The highest BCUT2D eigenvalue weighted by molar-refractivity contribution is 7.22. The summed E-state index contributed by atoms with van der Waals surface area (Å²) in [7, 11) is 0. The molecule has 6 nitrogen and oxygen atoms in total. The molecule has 0 saturated carbocycles. The lowest BCUT2D eigenvalue weighted by atomic mass is 10.2. The normalized spacial score (nSPS) is 16.0. The van der Waals surface area contributed by atoms with Crippen LogP contribution in [0.4, 0.5) is 9.93 Å². The number of aromatic nitrogens is 1. The second-order valence-corrected chi connectivity index (χ2v) is 5.58. The number of carbonyl (C=O) groups excluding carboxylic acids is 1. The van der Waals surface area contributed by atoms with E-state index in [1.54, 1.807) is 17.0 Å². The Morgan fingerprint density at radius 2 is 2.25 bits per heavy atom. The Bertz CT molecular complexity index is 683. The quantitative estimate of drug-likeness (QED) is 0.889. The summed E-state index contributed by atoms with van der Waals surface area (Å²) in [6.45, 7) is 1.32. The third kappa shape index (κ3) is 2.32. The van der Waals surface area contributed by atoms with E-state index in [-0.39, 0.29) is 11.6 Å². The van der Waals surface area contributed by atoms with Gasteiger partial charge in [-0.05, 0) is 31.0 Å². The van der Waals surface area contributed by atoms with Crippen molar-refractivity contribution in [2.24, 2.45) is 0 Å². The Hall–Kier alpha value is -2.15. The molecule has 2 amide bonds. The average Bonchev–Trinajstić information content (AvgIpc) is 2.72. The summed E-state index contributed by atoms with van der Waals surface area (Å²) < 4.78 is 0.775. The number of carboxylic acid groups (broad SMARTS) is 1. The number of thiazole rings is 1. The standard InChI is InChI=1S/C13H13N3O3S/c17-11(18)8-3-4-9-10(7-8)20-13(15-9)16-6-2-1-5-14-12(16)19/h3-4,7H,1-2,5-6H2,(H,14,19)(H,17,18). The molecule has 1 fully saturated rings. The van der Waals surface area contributed by atoms with Gasteiger partial charge in [-0.3, -0.25) is 4.90 Å². The summed E-state index contributed by atoms with van der Waals surface area (Å²) in [5, 5.41) is 12.4. The second kappa shape index (κ2) is 5.09. The molecule has 1 saturated heterocycles. The van der Waals surface area contributed by atoms with Crippen LogP contribution in [0.3, 0.4) is 0 Å². The second-order valence-electron chi connectivity index (χ2n) is 4.57. The number of fused-ring (bicyclic) bond motifs is 1. The van der Waals surface area contributed by atoms with E-state index < -0.39 is 5.97 Å². The van der Waals surface area contributed by atoms with Crippen molar-refractivity contribution in [2.75, 3.05) is 18.0 Å². The van der Waals surface area contributed by atoms with Crippen LogP contribution >= 0.6 is 11.3 Å². The number of rotatable bonds is 2. The van der Waals surface area contributed by atoms with Gasteiger partial charge in [-0.15, -0.1) is 0 Å². The molecule has 1 aromatic carbocycles. The van der Waals surface area contributed by atoms with Crippen LogP contribution < -0.4 is 10.2 Å². The van der Waals surface area contributed by atoms with Crippen LogP contribution in [-0.4, -0.2) is 35.2 Å². The monoisotopic (exact) mass is 291 g/mol. The molecular formula is C13H13N3O3S. The van der Waals surface area contributed by atoms with Gasteiger partial charge >= 0.3 is 12.0 Å². The van der Waals surface area contributed by atoms with Crippen molar-refractivity contribution in [3.63, 3.8) is 0 Å². The molecular weight excluding hydrogens is 278 g/mol. The van der Waals surface area contributed by atoms with Crippen LogP contribution in [0.2, 0.25) is 0 Å². The van der Waals surface area contributed by atoms with E-state index in [0.29, 0.717) is 23.7 Å². The third-order valence-corrected chi connectivity index (χ3v) is 4.23. The number of carbonyl (C=O) groups is 2. The SMILES string of the molecule is O=C(O)c1ccc2nc(N3CCCCNC3=O)sc2c1. The maximum Gasteiger partial charge on any atom is 0.335 e. The molecule has 0 radical (unpaired) electrons. The van der Waals surface area contributed by atoms with E-state index in [1.807, 2.05) is 0 Å². The number of anilines is 1. The minimum Gasteiger partial charge on any atom is -0.478 e. The lowest BCUT2D eigenvalue weighted by Crippen LogP contribution is -2.38. The van der Waals surface area contributed by atoms with Gasteiger partial charge in [0.05, 0.1) is 15.8 Å². The van der Waals surface area contributed by atoms with Crippen molar-refractivity contribution in [3.05, 3.63) is 23.8 Å². The number of hydrogen-bond acceptors (Lipinski definition) is 4. The molecule has 7 heteroatoms. The van der Waals surface area contributed by atoms with Gasteiger partial charge in [-0.1, -0.05) is 11.3 Å². The largest absolute Gasteiger partial charge is 0.478 e. The predicted octanol–water partition coefficient (Wildman–Crippen LogP) is 2.30. The van der Waals surface area contributed by atoms with Gasteiger partial charge in [0.15, 0.2) is 5.13 Å². The van der Waals surface area contributed by atoms with E-state index in [4.69, 9.17) is 5.11 Å². The van der Waals surface area contributed by atoms with E-state index in [9.17, 15) is 9.59 Å². The smallest absolute Gasteiger partial charge is 0.335 e. The first kappa shape index (κ1) is 12.9. The van der Waals surface area contributed by atoms with E-state index >= 15 is 0 Å². The molecule has 3 rings (SSSR count). The van der Waals surface area contributed by atoms with Gasteiger partial charge in [0.1, 0.15) is 0 Å². The summed E-state index contributed by atoms with van der Waals surface area (Å²) in [4.78, 5) is 29.0. The Kier molecular flexibility index (Phi) is 3.27. The first-order valence-electron chi connectivity index (χ1n) is 6.34. The predicted molar refractivity (Wildman–Crippen MR) is 76.6 cm³/mol. The maximum absolute atomic E-state index is 12.0. The number of hydrogen-bond donors (Lipinski definition) is 2. The topological polar surface area (TPSA) is 82.5 Å². The molecule has 2 aromatic rings. The number of nitrogens with one attached hydrogen (secondary N) is 1. The van der Waals surface area contributed by atoms with Gasteiger partial charge in [0, 0.05) is 13.1 Å². The van der Waals surface area contributed by atoms with Crippen molar-refractivity contribution in [1.82, 2.24) is 10.3 Å². The highest BCUT2D eigenvalue weighted by atomic mass is 32.1. The van der Waals surface area contributed by atoms with Gasteiger partial charge in [-0.25, -0.2) is 14.6 Å². The molecule has 0 bridgehead atoms. The van der Waals surface area contributed by atoms with Gasteiger partial charge < -0.3 is 10.4 Å². The summed E-state index contributed by atoms with van der Waals surface area (Å²) in [5.41, 5.74) is 0.945. The van der Waals surface area contributed by atoms with Crippen LogP contribution in [0.1, 0.15) is 23.2 Å². The molecule has 0 spiro atoms. The summed E-state index contributed by atoms with van der Waals surface area (Å²) in [5.74, 6) is -0.964. The Balaban J connectivity index is 1.99. The van der Waals surface area contributed by atoms with E-state index in [2.05, 4.69) is 10.3 Å². The Labute approximate surface area is 119 Å². The number of amides is 2. The van der Waals surface area contributed by atoms with Crippen LogP contribution in [0.25, 0.3) is 10.2 Å². The zero-order valence-corrected chi connectivity index (χ0v) is 11.4. The van der Waals surface area contributed by atoms with E-state index in [1.165, 1.54) is 17.4 Å². The fourth-order valence-corrected chi connectivity index (χ4v) is 3.16. The molecule has 104 valence electrons. The van der Waals surface area contributed by atoms with Crippen molar-refractivity contribution >= 4 is 38.7 Å². The van der Waals surface area contributed by atoms with Gasteiger partial charge in [0.25, 0.3) is 0 Å². The maximum atomic E-state index is 12.0. The molecule has 0 aliphatic carbocycles. The first-order chi connectivity index (χ1) is 9.65. The number of urea groups is 1. The number of carboxylic acids is 1. The molecule has 1 aliphatic rings. The van der Waals surface area contributed by atoms with Crippen molar-refractivity contribution in [1.29, 1.82) is 0 Å². The fourth-order valence-electron chi connectivity index (χ4n) is 2.13. The van der Waals surface area contributed by atoms with Crippen molar-refractivity contribution in [2.45, 2.75) is 12.8 Å². The van der Waals surface area contributed by atoms with Gasteiger partial charge in [0.2, 0.25) is 0 Å². The van der Waals surface area contributed by atoms with Crippen LogP contribution in [0.15, 0.2) is 18.2 Å². The lowest BCUT2D eigenvalue weighted by Gasteiger charge is -2.16. The van der Waals surface area contributed by atoms with Crippen LogP contribution in [-0.2, 0) is 0 Å². The summed E-state index contributed by atoms with van der Waals surface area (Å²) in [6, 6.07) is 4.65. The molecule has 0 unspecified atom stereocenters. The molecule has 20 heavy (non-hydrogen) atoms. The Morgan fingerprint density at radius 3 is 3.05 bits per heavy atom. The van der Waals surface area contributed by atoms with Gasteiger partial charge in [-0.2, -0.15) is 0 Å². The van der Waals surface area contributed by atoms with E-state index in [0.717, 1.165) is 17.5 Å². The zero-order valence-electron chi connectivity index (χ0n) is 10.6.